The highest BCUT2D eigenvalue weighted by Crippen LogP contribution is 2.42. The van der Waals surface area contributed by atoms with Crippen molar-refractivity contribution in [2.75, 3.05) is 0 Å². The maximum absolute atomic E-state index is 11.1. The van der Waals surface area contributed by atoms with Gasteiger partial charge in [0.15, 0.2) is 0 Å². The predicted octanol–water partition coefficient (Wildman–Crippen LogP) is 2.39. The van der Waals surface area contributed by atoms with E-state index in [0.29, 0.717) is 12.8 Å². The van der Waals surface area contributed by atoms with Crippen molar-refractivity contribution in [2.24, 2.45) is 5.41 Å². The van der Waals surface area contributed by atoms with Gasteiger partial charge in [0.05, 0.1) is 0 Å². The summed E-state index contributed by atoms with van der Waals surface area (Å²) >= 11 is 5.74. The topological polar surface area (TPSA) is 34.1 Å². The van der Waals surface area contributed by atoms with E-state index in [1.54, 1.807) is 0 Å². The van der Waals surface area contributed by atoms with E-state index in [9.17, 15) is 9.59 Å². The van der Waals surface area contributed by atoms with Crippen LogP contribution in [0.25, 0.3) is 0 Å². The molecular weight excluding hydrogens is 276 g/mol. The van der Waals surface area contributed by atoms with E-state index >= 15 is 0 Å². The molecule has 11 heavy (non-hydrogen) atoms. The van der Waals surface area contributed by atoms with Gasteiger partial charge >= 0.3 is 0 Å². The molecule has 1 aliphatic carbocycles. The molecule has 0 spiro atoms. The van der Waals surface area contributed by atoms with Crippen LogP contribution in [0.1, 0.15) is 25.7 Å². The summed E-state index contributed by atoms with van der Waals surface area (Å²) in [7, 11) is 0. The SMILES string of the molecule is O=C(Br)C1(C(=O)Br)CCCC1. The van der Waals surface area contributed by atoms with Gasteiger partial charge in [0.2, 0.25) is 9.39 Å². The molecule has 0 radical (unpaired) electrons. The number of hydrogen-bond donors (Lipinski definition) is 0. The summed E-state index contributed by atoms with van der Waals surface area (Å²) in [5.74, 6) is 0. The van der Waals surface area contributed by atoms with E-state index in [4.69, 9.17) is 0 Å². The molecule has 0 saturated heterocycles. The molecule has 1 rings (SSSR count). The monoisotopic (exact) mass is 282 g/mol. The number of carbonyl (C=O) groups excluding carboxylic acids is 2. The number of halogens is 2. The van der Waals surface area contributed by atoms with Gasteiger partial charge in [-0.25, -0.2) is 0 Å². The van der Waals surface area contributed by atoms with Gasteiger partial charge in [0.25, 0.3) is 0 Å². The lowest BCUT2D eigenvalue weighted by atomic mass is 9.90. The number of hydrogen-bond acceptors (Lipinski definition) is 2. The first-order valence-corrected chi connectivity index (χ1v) is 5.08. The van der Waals surface area contributed by atoms with Crippen molar-refractivity contribution in [1.29, 1.82) is 0 Å². The second kappa shape index (κ2) is 3.35. The summed E-state index contributed by atoms with van der Waals surface area (Å²) in [5.41, 5.74) is -0.750. The fraction of sp³-hybridized carbons (Fsp3) is 0.714. The molecule has 0 aromatic heterocycles. The molecule has 1 saturated carbocycles. The van der Waals surface area contributed by atoms with Crippen LogP contribution >= 0.6 is 31.9 Å². The smallest absolute Gasteiger partial charge is 0.212 e. The van der Waals surface area contributed by atoms with Gasteiger partial charge in [-0.1, -0.05) is 12.8 Å². The van der Waals surface area contributed by atoms with Crippen molar-refractivity contribution in [3.8, 4) is 0 Å². The largest absolute Gasteiger partial charge is 0.286 e. The summed E-state index contributed by atoms with van der Waals surface area (Å²) in [6.07, 6.45) is 3.30. The number of rotatable bonds is 2. The minimum atomic E-state index is -0.750. The van der Waals surface area contributed by atoms with Crippen LogP contribution in [0.15, 0.2) is 0 Å². The third-order valence-electron chi connectivity index (χ3n) is 2.21. The van der Waals surface area contributed by atoms with Crippen LogP contribution in [0.4, 0.5) is 0 Å². The average Bonchev–Trinajstić information content (AvgIpc) is 2.34. The van der Waals surface area contributed by atoms with Crippen LogP contribution in [0.2, 0.25) is 0 Å². The lowest BCUT2D eigenvalue weighted by Crippen LogP contribution is -2.29. The first-order chi connectivity index (χ1) is 5.09. The average molecular weight is 284 g/mol. The first kappa shape index (κ1) is 9.39. The quantitative estimate of drug-likeness (QED) is 0.576. The van der Waals surface area contributed by atoms with Crippen LogP contribution in [0, 0.1) is 5.41 Å². The second-order valence-corrected chi connectivity index (χ2v) is 4.28. The molecule has 4 heteroatoms. The molecule has 0 aromatic carbocycles. The molecule has 0 atom stereocenters. The summed E-state index contributed by atoms with van der Waals surface area (Å²) in [4.78, 5) is 22.2. The first-order valence-electron chi connectivity index (χ1n) is 3.49. The summed E-state index contributed by atoms with van der Waals surface area (Å²) in [5, 5.41) is 0. The fourth-order valence-corrected chi connectivity index (χ4v) is 2.87. The van der Waals surface area contributed by atoms with Crippen molar-refractivity contribution in [3.63, 3.8) is 0 Å². The molecule has 0 bridgehead atoms. The van der Waals surface area contributed by atoms with Gasteiger partial charge in [0, 0.05) is 0 Å². The minimum absolute atomic E-state index is 0.177. The third-order valence-corrected chi connectivity index (χ3v) is 3.73. The van der Waals surface area contributed by atoms with Crippen LogP contribution in [0.3, 0.4) is 0 Å². The van der Waals surface area contributed by atoms with Gasteiger partial charge in [-0.3, -0.25) is 9.59 Å². The van der Waals surface area contributed by atoms with Crippen LogP contribution in [0.5, 0.6) is 0 Å². The number of carbonyl (C=O) groups is 2. The van der Waals surface area contributed by atoms with Crippen LogP contribution < -0.4 is 0 Å². The Kier molecular flexibility index (Phi) is 2.86. The van der Waals surface area contributed by atoms with E-state index < -0.39 is 5.41 Å². The maximum atomic E-state index is 11.1. The highest BCUT2D eigenvalue weighted by atomic mass is 79.9. The Morgan fingerprint density at radius 1 is 1.00 bits per heavy atom. The molecule has 1 fully saturated rings. The zero-order valence-corrected chi connectivity index (χ0v) is 9.07. The van der Waals surface area contributed by atoms with Crippen molar-refractivity contribution < 1.29 is 9.59 Å². The minimum Gasteiger partial charge on any atom is -0.286 e. The van der Waals surface area contributed by atoms with Crippen molar-refractivity contribution in [1.82, 2.24) is 0 Å². The van der Waals surface area contributed by atoms with Crippen LogP contribution in [-0.2, 0) is 9.59 Å². The summed E-state index contributed by atoms with van der Waals surface area (Å²) in [6, 6.07) is 0. The van der Waals surface area contributed by atoms with Crippen molar-refractivity contribution in [3.05, 3.63) is 0 Å². The Hall–Kier alpha value is 0.300. The molecule has 0 unspecified atom stereocenters. The van der Waals surface area contributed by atoms with E-state index in [1.807, 2.05) is 0 Å². The fourth-order valence-electron chi connectivity index (χ4n) is 1.45. The van der Waals surface area contributed by atoms with Gasteiger partial charge < -0.3 is 0 Å². The Morgan fingerprint density at radius 2 is 1.36 bits per heavy atom. The maximum Gasteiger partial charge on any atom is 0.212 e. The van der Waals surface area contributed by atoms with Gasteiger partial charge in [-0.2, -0.15) is 0 Å². The van der Waals surface area contributed by atoms with Gasteiger partial charge in [-0.15, -0.1) is 0 Å². The Bertz CT molecular complexity index is 179. The lowest BCUT2D eigenvalue weighted by Gasteiger charge is -2.18. The molecule has 0 amide bonds. The molecule has 1 aliphatic rings. The normalized spacial score (nSPS) is 21.6. The second-order valence-electron chi connectivity index (χ2n) is 2.84. The Labute approximate surface area is 82.0 Å². The predicted molar refractivity (Wildman–Crippen MR) is 48.8 cm³/mol. The molecule has 62 valence electrons. The zero-order chi connectivity index (χ0) is 8.48. The summed E-state index contributed by atoms with van der Waals surface area (Å²) < 4.78 is -0.353. The van der Waals surface area contributed by atoms with Crippen molar-refractivity contribution >= 4 is 41.2 Å². The molecule has 2 nitrogen and oxygen atoms in total. The highest BCUT2D eigenvalue weighted by molar-refractivity contribution is 9.19. The van der Waals surface area contributed by atoms with E-state index in [0.717, 1.165) is 12.8 Å². The molecule has 0 N–H and O–H groups in total. The molecule has 0 heterocycles. The zero-order valence-electron chi connectivity index (χ0n) is 5.90. The van der Waals surface area contributed by atoms with Crippen LogP contribution in [-0.4, -0.2) is 9.39 Å². The highest BCUT2D eigenvalue weighted by Gasteiger charge is 2.45. The molecule has 0 aromatic rings. The molecule has 0 aliphatic heterocycles. The standard InChI is InChI=1S/C7H8Br2O2/c8-5(10)7(6(9)11)3-1-2-4-7/h1-4H2. The molecular formula is C7H8Br2O2. The van der Waals surface area contributed by atoms with Gasteiger partial charge in [0.1, 0.15) is 5.41 Å². The third kappa shape index (κ3) is 1.56. The summed E-state index contributed by atoms with van der Waals surface area (Å²) in [6.45, 7) is 0. The van der Waals surface area contributed by atoms with E-state index in [2.05, 4.69) is 31.9 Å². The Balaban J connectivity index is 2.87. The van der Waals surface area contributed by atoms with E-state index in [-0.39, 0.29) is 9.39 Å². The lowest BCUT2D eigenvalue weighted by molar-refractivity contribution is -0.129. The van der Waals surface area contributed by atoms with E-state index in [1.165, 1.54) is 0 Å². The Morgan fingerprint density at radius 3 is 1.55 bits per heavy atom. The van der Waals surface area contributed by atoms with Gasteiger partial charge in [-0.05, 0) is 44.7 Å². The van der Waals surface area contributed by atoms with Crippen molar-refractivity contribution in [2.45, 2.75) is 25.7 Å².